The van der Waals surface area contributed by atoms with Gasteiger partial charge in [-0.2, -0.15) is 0 Å². The SMILES string of the molecule is CCCCCCCCOC(=O)C(CCCN(c1ccccc1)C(C)C(=O)[O-])C(=O)OCCCCCCCC.[Na+]. The Kier molecular flexibility index (Phi) is 23.3. The van der Waals surface area contributed by atoms with Crippen molar-refractivity contribution in [2.75, 3.05) is 24.7 Å². The zero-order valence-electron chi connectivity index (χ0n) is 25.0. The molecule has 1 aromatic rings. The third-order valence-electron chi connectivity index (χ3n) is 6.84. The van der Waals surface area contributed by atoms with Crippen LogP contribution in [0.2, 0.25) is 0 Å². The van der Waals surface area contributed by atoms with Crippen LogP contribution in [0, 0.1) is 5.92 Å². The number of rotatable bonds is 23. The van der Waals surface area contributed by atoms with E-state index in [0.717, 1.165) is 44.2 Å². The summed E-state index contributed by atoms with van der Waals surface area (Å²) in [6.07, 6.45) is 13.6. The molecule has 0 aromatic heterocycles. The van der Waals surface area contributed by atoms with Gasteiger partial charge in [0.25, 0.3) is 0 Å². The maximum atomic E-state index is 12.9. The molecule has 1 aromatic carbocycles. The maximum Gasteiger partial charge on any atom is 1.00 e. The summed E-state index contributed by atoms with van der Waals surface area (Å²) in [6.45, 7) is 6.86. The van der Waals surface area contributed by atoms with E-state index >= 15 is 0 Å². The fourth-order valence-electron chi connectivity index (χ4n) is 4.40. The molecule has 0 bridgehead atoms. The summed E-state index contributed by atoms with van der Waals surface area (Å²) in [5.74, 6) is -3.29. The van der Waals surface area contributed by atoms with Crippen LogP contribution >= 0.6 is 0 Å². The fraction of sp³-hybridized carbons (Fsp3) is 0.710. The van der Waals surface area contributed by atoms with Crippen LogP contribution in [0.25, 0.3) is 0 Å². The van der Waals surface area contributed by atoms with Crippen LogP contribution in [0.5, 0.6) is 0 Å². The molecule has 0 fully saturated rings. The molecular formula is C31H50NNaO6. The van der Waals surface area contributed by atoms with Crippen molar-refractivity contribution in [2.24, 2.45) is 5.92 Å². The van der Waals surface area contributed by atoms with Crippen molar-refractivity contribution < 1.29 is 58.5 Å². The monoisotopic (exact) mass is 555 g/mol. The minimum Gasteiger partial charge on any atom is -0.548 e. The smallest absolute Gasteiger partial charge is 0.548 e. The van der Waals surface area contributed by atoms with Crippen LogP contribution in [-0.4, -0.2) is 43.7 Å². The number of carboxylic acid groups (broad SMARTS) is 1. The second-order valence-corrected chi connectivity index (χ2v) is 10.1. The molecule has 0 saturated heterocycles. The van der Waals surface area contributed by atoms with E-state index in [1.807, 2.05) is 30.3 Å². The van der Waals surface area contributed by atoms with Gasteiger partial charge in [0.1, 0.15) is 0 Å². The third kappa shape index (κ3) is 17.0. The predicted octanol–water partition coefficient (Wildman–Crippen LogP) is 2.84. The van der Waals surface area contributed by atoms with Crippen molar-refractivity contribution in [2.45, 2.75) is 117 Å². The normalized spacial score (nSPS) is 11.5. The molecule has 8 heteroatoms. The third-order valence-corrected chi connectivity index (χ3v) is 6.84. The Bertz CT molecular complexity index is 746. The van der Waals surface area contributed by atoms with Gasteiger partial charge in [0, 0.05) is 12.2 Å². The average Bonchev–Trinajstić information content (AvgIpc) is 2.92. The number of carbonyl (C=O) groups is 3. The minimum absolute atomic E-state index is 0. The Morgan fingerprint density at radius 1 is 0.744 bits per heavy atom. The van der Waals surface area contributed by atoms with Crippen molar-refractivity contribution in [3.05, 3.63) is 30.3 Å². The standard InChI is InChI=1S/C31H51NO6.Na/c1-4-6-8-10-12-17-24-37-30(35)28(31(36)38-25-18-13-11-9-7-5-2)22-19-23-32(26(3)29(33)34)27-20-15-14-16-21-27;/h14-16,20-21,26,28H,4-13,17-19,22-25H2,1-3H3,(H,33,34);/q;+1/p-1. The Morgan fingerprint density at radius 2 is 1.21 bits per heavy atom. The van der Waals surface area contributed by atoms with Crippen molar-refractivity contribution in [1.29, 1.82) is 0 Å². The molecule has 7 nitrogen and oxygen atoms in total. The number of carbonyl (C=O) groups excluding carboxylic acids is 3. The fourth-order valence-corrected chi connectivity index (χ4v) is 4.40. The number of anilines is 1. The molecule has 1 unspecified atom stereocenters. The van der Waals surface area contributed by atoms with Crippen LogP contribution in [0.15, 0.2) is 30.3 Å². The van der Waals surface area contributed by atoms with E-state index in [9.17, 15) is 19.5 Å². The molecule has 0 spiro atoms. The molecule has 0 aliphatic heterocycles. The van der Waals surface area contributed by atoms with Crippen LogP contribution in [0.1, 0.15) is 111 Å². The van der Waals surface area contributed by atoms with E-state index in [0.29, 0.717) is 26.2 Å². The van der Waals surface area contributed by atoms with Gasteiger partial charge in [0.2, 0.25) is 0 Å². The van der Waals surface area contributed by atoms with Gasteiger partial charge in [0.05, 0.1) is 25.2 Å². The predicted molar refractivity (Wildman–Crippen MR) is 150 cm³/mol. The Hall–Kier alpha value is -1.57. The zero-order chi connectivity index (χ0) is 28.0. The van der Waals surface area contributed by atoms with E-state index in [1.165, 1.54) is 38.5 Å². The molecule has 0 amide bonds. The van der Waals surface area contributed by atoms with Crippen LogP contribution in [0.4, 0.5) is 5.69 Å². The first-order chi connectivity index (χ1) is 18.4. The Labute approximate surface area is 258 Å². The Morgan fingerprint density at radius 3 is 1.67 bits per heavy atom. The van der Waals surface area contributed by atoms with Crippen LogP contribution < -0.4 is 39.6 Å². The van der Waals surface area contributed by atoms with Gasteiger partial charge in [-0.15, -0.1) is 0 Å². The zero-order valence-corrected chi connectivity index (χ0v) is 27.0. The number of nitrogens with zero attached hydrogens (tertiary/aromatic N) is 1. The molecule has 1 atom stereocenters. The number of para-hydroxylation sites is 1. The summed E-state index contributed by atoms with van der Waals surface area (Å²) in [6, 6.07) is 8.36. The number of aliphatic carboxylic acids is 1. The second kappa shape index (κ2) is 24.2. The van der Waals surface area contributed by atoms with Gasteiger partial charge in [0.15, 0.2) is 5.92 Å². The number of ether oxygens (including phenoxy) is 2. The minimum atomic E-state index is -1.18. The molecular weight excluding hydrogens is 505 g/mol. The maximum absolute atomic E-state index is 12.9. The van der Waals surface area contributed by atoms with E-state index < -0.39 is 29.9 Å². The number of esters is 2. The van der Waals surface area contributed by atoms with E-state index in [2.05, 4.69) is 13.8 Å². The molecule has 0 N–H and O–H groups in total. The van der Waals surface area contributed by atoms with E-state index in [1.54, 1.807) is 11.8 Å². The molecule has 0 radical (unpaired) electrons. The summed E-state index contributed by atoms with van der Waals surface area (Å²) in [7, 11) is 0. The molecule has 216 valence electrons. The molecule has 0 aliphatic carbocycles. The van der Waals surface area contributed by atoms with Crippen LogP contribution in [-0.2, 0) is 23.9 Å². The average molecular weight is 556 g/mol. The van der Waals surface area contributed by atoms with Gasteiger partial charge < -0.3 is 24.3 Å². The van der Waals surface area contributed by atoms with Crippen molar-refractivity contribution in [1.82, 2.24) is 0 Å². The first kappa shape index (κ1) is 37.4. The first-order valence-corrected chi connectivity index (χ1v) is 14.8. The quantitative estimate of drug-likeness (QED) is 0.0887. The Balaban J connectivity index is 0.0000144. The van der Waals surface area contributed by atoms with Crippen molar-refractivity contribution >= 4 is 23.6 Å². The number of hydrogen-bond donors (Lipinski definition) is 0. The summed E-state index contributed by atoms with van der Waals surface area (Å²) < 4.78 is 10.9. The molecule has 0 aliphatic rings. The molecule has 0 heterocycles. The second-order valence-electron chi connectivity index (χ2n) is 10.1. The van der Waals surface area contributed by atoms with Crippen molar-refractivity contribution in [3.63, 3.8) is 0 Å². The number of benzene rings is 1. The number of unbranched alkanes of at least 4 members (excludes halogenated alkanes) is 10. The van der Waals surface area contributed by atoms with Crippen LogP contribution in [0.3, 0.4) is 0 Å². The molecule has 1 rings (SSSR count). The molecule has 0 saturated carbocycles. The summed E-state index contributed by atoms with van der Waals surface area (Å²) in [4.78, 5) is 39.1. The summed E-state index contributed by atoms with van der Waals surface area (Å²) >= 11 is 0. The van der Waals surface area contributed by atoms with Gasteiger partial charge >= 0.3 is 41.5 Å². The van der Waals surface area contributed by atoms with E-state index in [-0.39, 0.29) is 36.0 Å². The van der Waals surface area contributed by atoms with Gasteiger partial charge in [-0.05, 0) is 44.7 Å². The largest absolute Gasteiger partial charge is 1.00 e. The molecule has 39 heavy (non-hydrogen) atoms. The first-order valence-electron chi connectivity index (χ1n) is 14.8. The summed E-state index contributed by atoms with van der Waals surface area (Å²) in [5.41, 5.74) is 0.747. The van der Waals surface area contributed by atoms with Gasteiger partial charge in [-0.25, -0.2) is 0 Å². The van der Waals surface area contributed by atoms with Gasteiger partial charge in [-0.3, -0.25) is 9.59 Å². The number of hydrogen-bond acceptors (Lipinski definition) is 7. The van der Waals surface area contributed by atoms with Crippen molar-refractivity contribution in [3.8, 4) is 0 Å². The summed E-state index contributed by atoms with van der Waals surface area (Å²) in [5, 5.41) is 11.6. The number of carboxylic acids is 1. The van der Waals surface area contributed by atoms with E-state index in [4.69, 9.17) is 9.47 Å². The topological polar surface area (TPSA) is 96.0 Å². The van der Waals surface area contributed by atoms with Gasteiger partial charge in [-0.1, -0.05) is 96.3 Å².